The van der Waals surface area contributed by atoms with Crippen molar-refractivity contribution in [1.29, 1.82) is 0 Å². The summed E-state index contributed by atoms with van der Waals surface area (Å²) < 4.78 is 4.78. The highest BCUT2D eigenvalue weighted by Crippen LogP contribution is 2.34. The standard InChI is InChI=1S/C8H13NO6/c10-1-3-6(12)7(13)5-4(2-11)15-8(14)9(3)5/h3-7,10-13H,1-2H2/t3-,4-,5-,6-,7-/m0/s1. The number of fused-ring (bicyclic) bond motifs is 1. The summed E-state index contributed by atoms with van der Waals surface area (Å²) in [5, 5.41) is 37.1. The van der Waals surface area contributed by atoms with Crippen molar-refractivity contribution in [3.8, 4) is 0 Å². The van der Waals surface area contributed by atoms with Crippen molar-refractivity contribution in [2.24, 2.45) is 0 Å². The largest absolute Gasteiger partial charge is 0.441 e. The molecule has 2 rings (SSSR count). The van der Waals surface area contributed by atoms with Crippen LogP contribution in [0.5, 0.6) is 0 Å². The second kappa shape index (κ2) is 3.60. The third kappa shape index (κ3) is 1.31. The zero-order chi connectivity index (χ0) is 11.2. The monoisotopic (exact) mass is 219 g/mol. The van der Waals surface area contributed by atoms with Crippen LogP contribution in [0.3, 0.4) is 0 Å². The molecule has 4 N–H and O–H groups in total. The summed E-state index contributed by atoms with van der Waals surface area (Å²) >= 11 is 0. The van der Waals surface area contributed by atoms with Gasteiger partial charge in [-0.1, -0.05) is 0 Å². The molecule has 86 valence electrons. The Labute approximate surface area is 85.5 Å². The summed E-state index contributed by atoms with van der Waals surface area (Å²) in [5.74, 6) is 0. The zero-order valence-electron chi connectivity index (χ0n) is 7.85. The highest BCUT2D eigenvalue weighted by molar-refractivity contribution is 5.72. The van der Waals surface area contributed by atoms with Gasteiger partial charge in [0.2, 0.25) is 0 Å². The van der Waals surface area contributed by atoms with Crippen molar-refractivity contribution >= 4 is 6.09 Å². The van der Waals surface area contributed by atoms with Crippen LogP contribution in [0.25, 0.3) is 0 Å². The molecule has 0 saturated carbocycles. The molecule has 15 heavy (non-hydrogen) atoms. The van der Waals surface area contributed by atoms with E-state index in [1.54, 1.807) is 0 Å². The average molecular weight is 219 g/mol. The van der Waals surface area contributed by atoms with Gasteiger partial charge in [-0.2, -0.15) is 0 Å². The maximum absolute atomic E-state index is 11.3. The highest BCUT2D eigenvalue weighted by atomic mass is 16.6. The minimum absolute atomic E-state index is 0.422. The van der Waals surface area contributed by atoms with E-state index in [2.05, 4.69) is 0 Å². The number of hydrogen-bond acceptors (Lipinski definition) is 6. The molecular weight excluding hydrogens is 206 g/mol. The van der Waals surface area contributed by atoms with Gasteiger partial charge in [-0.15, -0.1) is 0 Å². The molecule has 2 aliphatic heterocycles. The van der Waals surface area contributed by atoms with Crippen LogP contribution in [0.2, 0.25) is 0 Å². The first-order valence-electron chi connectivity index (χ1n) is 4.68. The molecule has 0 unspecified atom stereocenters. The van der Waals surface area contributed by atoms with Crippen molar-refractivity contribution in [2.45, 2.75) is 30.4 Å². The van der Waals surface area contributed by atoms with Gasteiger partial charge in [-0.3, -0.25) is 4.90 Å². The van der Waals surface area contributed by atoms with Crippen LogP contribution in [0.1, 0.15) is 0 Å². The third-order valence-corrected chi connectivity index (χ3v) is 2.98. The normalized spacial score (nSPS) is 44.4. The lowest BCUT2D eigenvalue weighted by atomic mass is 10.0. The summed E-state index contributed by atoms with van der Waals surface area (Å²) in [6.07, 6.45) is -3.99. The first-order valence-corrected chi connectivity index (χ1v) is 4.68. The van der Waals surface area contributed by atoms with Crippen LogP contribution in [0.15, 0.2) is 0 Å². The average Bonchev–Trinajstić information content (AvgIpc) is 2.67. The van der Waals surface area contributed by atoms with Crippen molar-refractivity contribution in [3.05, 3.63) is 0 Å². The number of carbonyl (C=O) groups excluding carboxylic acids is 1. The van der Waals surface area contributed by atoms with E-state index < -0.39 is 49.7 Å². The summed E-state index contributed by atoms with van der Waals surface area (Å²) in [5.41, 5.74) is 0. The number of aliphatic hydroxyl groups is 4. The fourth-order valence-electron chi connectivity index (χ4n) is 2.24. The topological polar surface area (TPSA) is 110 Å². The van der Waals surface area contributed by atoms with E-state index in [9.17, 15) is 15.0 Å². The fraction of sp³-hybridized carbons (Fsp3) is 0.875. The minimum Gasteiger partial charge on any atom is -0.441 e. The molecule has 2 aliphatic rings. The number of nitrogens with zero attached hydrogens (tertiary/aromatic N) is 1. The first kappa shape index (κ1) is 10.6. The SMILES string of the molecule is O=C1O[C@@H](CO)[C@H]2[C@H](O)[C@@H](O)[C@H](CO)N12. The molecule has 0 radical (unpaired) electrons. The minimum atomic E-state index is -1.21. The van der Waals surface area contributed by atoms with Crippen molar-refractivity contribution < 1.29 is 30.0 Å². The predicted octanol–water partition coefficient (Wildman–Crippen LogP) is -2.74. The van der Waals surface area contributed by atoms with E-state index in [-0.39, 0.29) is 0 Å². The number of cyclic esters (lactones) is 1. The molecule has 0 aromatic rings. The molecule has 7 heteroatoms. The Morgan fingerprint density at radius 2 is 1.87 bits per heavy atom. The molecule has 1 amide bonds. The van der Waals surface area contributed by atoms with E-state index in [0.717, 1.165) is 4.90 Å². The summed E-state index contributed by atoms with van der Waals surface area (Å²) in [6.45, 7) is -0.878. The second-order valence-electron chi connectivity index (χ2n) is 3.73. The smallest absolute Gasteiger partial charge is 0.411 e. The Hall–Kier alpha value is -0.890. The molecule has 7 nitrogen and oxygen atoms in total. The number of aliphatic hydroxyl groups excluding tert-OH is 4. The van der Waals surface area contributed by atoms with Crippen LogP contribution >= 0.6 is 0 Å². The van der Waals surface area contributed by atoms with Gasteiger partial charge in [0.15, 0.2) is 0 Å². The number of carbonyl (C=O) groups is 1. The lowest BCUT2D eigenvalue weighted by Gasteiger charge is -2.20. The van der Waals surface area contributed by atoms with Crippen LogP contribution in [-0.2, 0) is 4.74 Å². The van der Waals surface area contributed by atoms with Gasteiger partial charge in [0, 0.05) is 0 Å². The van der Waals surface area contributed by atoms with Gasteiger partial charge >= 0.3 is 6.09 Å². The zero-order valence-corrected chi connectivity index (χ0v) is 7.85. The van der Waals surface area contributed by atoms with Gasteiger partial charge in [0.25, 0.3) is 0 Å². The summed E-state index contributed by atoms with van der Waals surface area (Å²) in [6, 6.07) is -1.65. The molecule has 0 bridgehead atoms. The molecule has 5 atom stereocenters. The lowest BCUT2D eigenvalue weighted by Crippen LogP contribution is -2.42. The summed E-state index contributed by atoms with van der Waals surface area (Å²) in [7, 11) is 0. The maximum Gasteiger partial charge on any atom is 0.411 e. The number of rotatable bonds is 2. The van der Waals surface area contributed by atoms with Crippen LogP contribution in [-0.4, -0.2) is 75.0 Å². The quantitative estimate of drug-likeness (QED) is 0.401. The van der Waals surface area contributed by atoms with Crippen LogP contribution in [0, 0.1) is 0 Å². The molecule has 0 aromatic carbocycles. The highest BCUT2D eigenvalue weighted by Gasteiger charge is 2.58. The van der Waals surface area contributed by atoms with E-state index in [1.165, 1.54) is 0 Å². The van der Waals surface area contributed by atoms with Gasteiger partial charge in [-0.25, -0.2) is 4.79 Å². The van der Waals surface area contributed by atoms with Crippen LogP contribution < -0.4 is 0 Å². The first-order chi connectivity index (χ1) is 7.11. The number of amides is 1. The number of ether oxygens (including phenoxy) is 1. The van der Waals surface area contributed by atoms with Gasteiger partial charge < -0.3 is 25.2 Å². The Morgan fingerprint density at radius 1 is 1.20 bits per heavy atom. The van der Waals surface area contributed by atoms with Gasteiger partial charge in [-0.05, 0) is 0 Å². The fourth-order valence-corrected chi connectivity index (χ4v) is 2.24. The Bertz CT molecular complexity index is 272. The van der Waals surface area contributed by atoms with Crippen molar-refractivity contribution in [2.75, 3.05) is 13.2 Å². The molecule has 2 heterocycles. The van der Waals surface area contributed by atoms with Gasteiger partial charge in [0.05, 0.1) is 19.3 Å². The van der Waals surface area contributed by atoms with E-state index >= 15 is 0 Å². The Balaban J connectivity index is 2.28. The molecule has 2 fully saturated rings. The van der Waals surface area contributed by atoms with Crippen molar-refractivity contribution in [3.63, 3.8) is 0 Å². The van der Waals surface area contributed by atoms with E-state index in [1.807, 2.05) is 0 Å². The molecule has 0 aliphatic carbocycles. The van der Waals surface area contributed by atoms with Crippen molar-refractivity contribution in [1.82, 2.24) is 4.90 Å². The Kier molecular flexibility index (Phi) is 2.55. The Morgan fingerprint density at radius 3 is 2.40 bits per heavy atom. The van der Waals surface area contributed by atoms with E-state index in [0.29, 0.717) is 0 Å². The second-order valence-corrected chi connectivity index (χ2v) is 3.73. The van der Waals surface area contributed by atoms with Crippen LogP contribution in [0.4, 0.5) is 4.79 Å². The maximum atomic E-state index is 11.3. The summed E-state index contributed by atoms with van der Waals surface area (Å²) in [4.78, 5) is 12.4. The molecule has 0 spiro atoms. The lowest BCUT2D eigenvalue weighted by molar-refractivity contribution is -0.0116. The van der Waals surface area contributed by atoms with E-state index in [4.69, 9.17) is 14.9 Å². The molecule has 2 saturated heterocycles. The third-order valence-electron chi connectivity index (χ3n) is 2.98. The molecular formula is C8H13NO6. The molecule has 0 aromatic heterocycles. The predicted molar refractivity (Wildman–Crippen MR) is 45.9 cm³/mol. The number of hydrogen-bond donors (Lipinski definition) is 4. The van der Waals surface area contributed by atoms with Gasteiger partial charge in [0.1, 0.15) is 24.4 Å².